The number of ether oxygens (including phenoxy) is 1. The van der Waals surface area contributed by atoms with E-state index in [0.29, 0.717) is 12.6 Å². The van der Waals surface area contributed by atoms with Gasteiger partial charge in [0.2, 0.25) is 0 Å². The van der Waals surface area contributed by atoms with Crippen LogP contribution in [0.4, 0.5) is 0 Å². The molecule has 3 heteroatoms. The van der Waals surface area contributed by atoms with E-state index in [1.807, 2.05) is 12.1 Å². The molecule has 2 atom stereocenters. The van der Waals surface area contributed by atoms with Gasteiger partial charge in [-0.25, -0.2) is 0 Å². The number of halogens is 1. The van der Waals surface area contributed by atoms with Crippen molar-refractivity contribution in [2.24, 2.45) is 5.92 Å². The molecule has 1 N–H and O–H groups in total. The van der Waals surface area contributed by atoms with Crippen LogP contribution < -0.4 is 10.1 Å². The topological polar surface area (TPSA) is 21.3 Å². The number of benzene rings is 1. The van der Waals surface area contributed by atoms with Crippen molar-refractivity contribution in [3.63, 3.8) is 0 Å². The van der Waals surface area contributed by atoms with Crippen LogP contribution in [0.25, 0.3) is 0 Å². The highest BCUT2D eigenvalue weighted by atomic mass is 79.9. The maximum absolute atomic E-state index is 5.63. The quantitative estimate of drug-likeness (QED) is 0.623. The summed E-state index contributed by atoms with van der Waals surface area (Å²) in [5.41, 5.74) is 1.16. The fourth-order valence-corrected chi connectivity index (χ4v) is 3.30. The largest absolute Gasteiger partial charge is 0.481 e. The Morgan fingerprint density at radius 1 is 1.33 bits per heavy atom. The van der Waals surface area contributed by atoms with Crippen LogP contribution >= 0.6 is 15.9 Å². The second-order valence-corrected chi connectivity index (χ2v) is 6.85. The standard InChI is InChI=1S/C18H24BrNO/c1-3-11-21-18-10-8-16(19)12-15(18)13-20-17-6-4-5-14(2)7-9-17/h1,8,10,12,14,17,20H,4-7,9,11,13H2,2H3. The minimum atomic E-state index is 0.315. The number of nitrogens with one attached hydrogen (secondary N) is 1. The summed E-state index contributed by atoms with van der Waals surface area (Å²) in [7, 11) is 0. The summed E-state index contributed by atoms with van der Waals surface area (Å²) in [6.45, 7) is 3.51. The first kappa shape index (κ1) is 16.4. The predicted octanol–water partition coefficient (Wildman–Crippen LogP) is 4.52. The van der Waals surface area contributed by atoms with Gasteiger partial charge in [-0.3, -0.25) is 0 Å². The lowest BCUT2D eigenvalue weighted by Crippen LogP contribution is -2.28. The zero-order chi connectivity index (χ0) is 15.1. The molecule has 2 rings (SSSR count). The third-order valence-corrected chi connectivity index (χ3v) is 4.67. The van der Waals surface area contributed by atoms with Crippen molar-refractivity contribution in [2.75, 3.05) is 6.61 Å². The molecule has 21 heavy (non-hydrogen) atoms. The summed E-state index contributed by atoms with van der Waals surface area (Å²) in [6.07, 6.45) is 11.9. The lowest BCUT2D eigenvalue weighted by Gasteiger charge is -2.18. The predicted molar refractivity (Wildman–Crippen MR) is 91.3 cm³/mol. The van der Waals surface area contributed by atoms with Crippen molar-refractivity contribution in [1.82, 2.24) is 5.32 Å². The maximum atomic E-state index is 5.63. The molecule has 114 valence electrons. The van der Waals surface area contributed by atoms with E-state index >= 15 is 0 Å². The number of terminal acetylenes is 1. The Hall–Kier alpha value is -0.980. The Kier molecular flexibility index (Phi) is 6.60. The highest BCUT2D eigenvalue weighted by Crippen LogP contribution is 2.25. The lowest BCUT2D eigenvalue weighted by molar-refractivity contribution is 0.361. The van der Waals surface area contributed by atoms with Gasteiger partial charge in [-0.05, 0) is 43.4 Å². The molecule has 2 unspecified atom stereocenters. The third-order valence-electron chi connectivity index (χ3n) is 4.17. The Bertz CT molecular complexity index is 494. The molecule has 1 aromatic rings. The number of rotatable bonds is 5. The SMILES string of the molecule is C#CCOc1ccc(Br)cc1CNC1CCCC(C)CC1. The Balaban J connectivity index is 1.95. The van der Waals surface area contributed by atoms with Crippen LogP contribution in [-0.4, -0.2) is 12.6 Å². The van der Waals surface area contributed by atoms with Crippen molar-refractivity contribution in [2.45, 2.75) is 51.6 Å². The molecule has 1 aliphatic carbocycles. The molecule has 0 radical (unpaired) electrons. The van der Waals surface area contributed by atoms with E-state index in [1.165, 1.54) is 32.1 Å². The minimum absolute atomic E-state index is 0.315. The average molecular weight is 350 g/mol. The molecule has 0 bridgehead atoms. The van der Waals surface area contributed by atoms with E-state index in [0.717, 1.165) is 28.2 Å². The van der Waals surface area contributed by atoms with Gasteiger partial charge in [0.25, 0.3) is 0 Å². The zero-order valence-corrected chi connectivity index (χ0v) is 14.3. The number of hydrogen-bond donors (Lipinski definition) is 1. The first-order chi connectivity index (χ1) is 10.2. The minimum Gasteiger partial charge on any atom is -0.481 e. The molecular weight excluding hydrogens is 326 g/mol. The molecule has 0 amide bonds. The summed E-state index contributed by atoms with van der Waals surface area (Å²) in [4.78, 5) is 0. The normalized spacial score (nSPS) is 22.3. The summed E-state index contributed by atoms with van der Waals surface area (Å²) in [5.74, 6) is 4.27. The van der Waals surface area contributed by atoms with Crippen LogP contribution in [0.5, 0.6) is 5.75 Å². The summed E-state index contributed by atoms with van der Waals surface area (Å²) in [6, 6.07) is 6.70. The highest BCUT2D eigenvalue weighted by Gasteiger charge is 2.16. The smallest absolute Gasteiger partial charge is 0.148 e. The van der Waals surface area contributed by atoms with Crippen LogP contribution in [0.3, 0.4) is 0 Å². The van der Waals surface area contributed by atoms with Gasteiger partial charge >= 0.3 is 0 Å². The molecule has 0 spiro atoms. The van der Waals surface area contributed by atoms with Crippen molar-refractivity contribution in [3.05, 3.63) is 28.2 Å². The maximum Gasteiger partial charge on any atom is 0.148 e. The molecular formula is C18H24BrNO. The van der Waals surface area contributed by atoms with E-state index in [1.54, 1.807) is 0 Å². The Morgan fingerprint density at radius 3 is 3.00 bits per heavy atom. The van der Waals surface area contributed by atoms with Gasteiger partial charge in [-0.2, -0.15) is 0 Å². The fraction of sp³-hybridized carbons (Fsp3) is 0.556. The molecule has 2 nitrogen and oxygen atoms in total. The van der Waals surface area contributed by atoms with E-state index in [2.05, 4.69) is 40.2 Å². The van der Waals surface area contributed by atoms with Crippen LogP contribution in [-0.2, 0) is 6.54 Å². The van der Waals surface area contributed by atoms with Gasteiger partial charge < -0.3 is 10.1 Å². The molecule has 0 aliphatic heterocycles. The van der Waals surface area contributed by atoms with Crippen LogP contribution in [0.2, 0.25) is 0 Å². The second-order valence-electron chi connectivity index (χ2n) is 5.94. The monoisotopic (exact) mass is 349 g/mol. The third kappa shape index (κ3) is 5.37. The first-order valence-electron chi connectivity index (χ1n) is 7.77. The highest BCUT2D eigenvalue weighted by molar-refractivity contribution is 9.10. The molecule has 1 saturated carbocycles. The average Bonchev–Trinajstić information content (AvgIpc) is 2.69. The Labute approximate surface area is 136 Å². The van der Waals surface area contributed by atoms with Gasteiger partial charge in [0.05, 0.1) is 0 Å². The van der Waals surface area contributed by atoms with Crippen molar-refractivity contribution >= 4 is 15.9 Å². The van der Waals surface area contributed by atoms with Gasteiger partial charge in [-0.1, -0.05) is 41.6 Å². The van der Waals surface area contributed by atoms with Gasteiger partial charge in [0, 0.05) is 22.6 Å². The van der Waals surface area contributed by atoms with Gasteiger partial charge in [0.1, 0.15) is 12.4 Å². The molecule has 0 saturated heterocycles. The van der Waals surface area contributed by atoms with Gasteiger partial charge in [-0.15, -0.1) is 6.42 Å². The summed E-state index contributed by atoms with van der Waals surface area (Å²) < 4.78 is 6.70. The van der Waals surface area contributed by atoms with Crippen LogP contribution in [0.1, 0.15) is 44.6 Å². The van der Waals surface area contributed by atoms with E-state index in [-0.39, 0.29) is 0 Å². The molecule has 1 fully saturated rings. The first-order valence-corrected chi connectivity index (χ1v) is 8.56. The second kappa shape index (κ2) is 8.46. The van der Waals surface area contributed by atoms with E-state index < -0.39 is 0 Å². The van der Waals surface area contributed by atoms with Crippen molar-refractivity contribution in [1.29, 1.82) is 0 Å². The number of hydrogen-bond acceptors (Lipinski definition) is 2. The van der Waals surface area contributed by atoms with Crippen molar-refractivity contribution in [3.8, 4) is 18.1 Å². The lowest BCUT2D eigenvalue weighted by atomic mass is 10.0. The zero-order valence-electron chi connectivity index (χ0n) is 12.7. The summed E-state index contributed by atoms with van der Waals surface area (Å²) in [5, 5.41) is 3.69. The fourth-order valence-electron chi connectivity index (χ4n) is 2.89. The van der Waals surface area contributed by atoms with Crippen LogP contribution in [0.15, 0.2) is 22.7 Å². The molecule has 0 aromatic heterocycles. The van der Waals surface area contributed by atoms with E-state index in [9.17, 15) is 0 Å². The Morgan fingerprint density at radius 2 is 2.19 bits per heavy atom. The van der Waals surface area contributed by atoms with Gasteiger partial charge in [0.15, 0.2) is 0 Å². The van der Waals surface area contributed by atoms with Crippen LogP contribution in [0, 0.1) is 18.3 Å². The molecule has 1 aliphatic rings. The molecule has 0 heterocycles. The van der Waals surface area contributed by atoms with E-state index in [4.69, 9.17) is 11.2 Å². The summed E-state index contributed by atoms with van der Waals surface area (Å²) >= 11 is 3.53. The molecule has 1 aromatic carbocycles. The van der Waals surface area contributed by atoms with Crippen molar-refractivity contribution < 1.29 is 4.74 Å².